The maximum Gasteiger partial charge on any atom is 0.131 e. The van der Waals surface area contributed by atoms with E-state index < -0.39 is 0 Å². The molecule has 0 aliphatic carbocycles. The van der Waals surface area contributed by atoms with Crippen molar-refractivity contribution in [2.24, 2.45) is 0 Å². The summed E-state index contributed by atoms with van der Waals surface area (Å²) in [4.78, 5) is 0. The molecule has 0 aliphatic rings. The molecule has 15 heavy (non-hydrogen) atoms. The first-order chi connectivity index (χ1) is 7.20. The molecule has 0 spiro atoms. The van der Waals surface area contributed by atoms with E-state index in [-0.39, 0.29) is 5.82 Å². The number of hydrogen-bond acceptors (Lipinski definition) is 1. The standard InChI is InChI=1S/C12H9ClFN/c13-12-9(5-3-7-11(12)15)8-4-1-2-6-10(8)14/h1-7H,15H2. The number of halogens is 2. The second-order valence-corrected chi connectivity index (χ2v) is 3.57. The molecule has 2 aromatic carbocycles. The number of anilines is 1. The van der Waals surface area contributed by atoms with Gasteiger partial charge in [0.25, 0.3) is 0 Å². The largest absolute Gasteiger partial charge is 0.398 e. The van der Waals surface area contributed by atoms with Gasteiger partial charge in [-0.25, -0.2) is 4.39 Å². The molecule has 0 saturated heterocycles. The van der Waals surface area contributed by atoms with Gasteiger partial charge in [-0.3, -0.25) is 0 Å². The van der Waals surface area contributed by atoms with Crippen molar-refractivity contribution < 1.29 is 4.39 Å². The zero-order valence-corrected chi connectivity index (χ0v) is 8.63. The average Bonchev–Trinajstić information content (AvgIpc) is 2.23. The summed E-state index contributed by atoms with van der Waals surface area (Å²) in [5.41, 5.74) is 7.20. The van der Waals surface area contributed by atoms with Crippen molar-refractivity contribution in [3.8, 4) is 11.1 Å². The van der Waals surface area contributed by atoms with Crippen molar-refractivity contribution in [3.05, 3.63) is 53.3 Å². The van der Waals surface area contributed by atoms with E-state index in [1.54, 1.807) is 36.4 Å². The molecule has 0 saturated carbocycles. The van der Waals surface area contributed by atoms with Gasteiger partial charge in [-0.15, -0.1) is 0 Å². The zero-order valence-electron chi connectivity index (χ0n) is 7.87. The minimum absolute atomic E-state index is 0.301. The van der Waals surface area contributed by atoms with Gasteiger partial charge < -0.3 is 5.73 Å². The Morgan fingerprint density at radius 2 is 1.60 bits per heavy atom. The lowest BCUT2D eigenvalue weighted by molar-refractivity contribution is 0.631. The summed E-state index contributed by atoms with van der Waals surface area (Å²) in [6.45, 7) is 0. The Morgan fingerprint density at radius 1 is 0.933 bits per heavy atom. The highest BCUT2D eigenvalue weighted by molar-refractivity contribution is 6.35. The number of nitrogen functional groups attached to an aromatic ring is 1. The van der Waals surface area contributed by atoms with E-state index in [9.17, 15) is 4.39 Å². The molecule has 0 amide bonds. The molecule has 0 bridgehead atoms. The summed E-state index contributed by atoms with van der Waals surface area (Å²) in [5.74, 6) is -0.301. The normalized spacial score (nSPS) is 10.3. The Bertz CT molecular complexity index is 497. The summed E-state index contributed by atoms with van der Waals surface area (Å²) < 4.78 is 13.5. The van der Waals surface area contributed by atoms with Gasteiger partial charge in [0, 0.05) is 11.1 Å². The first-order valence-electron chi connectivity index (χ1n) is 4.49. The van der Waals surface area contributed by atoms with E-state index in [4.69, 9.17) is 17.3 Å². The minimum atomic E-state index is -0.301. The molecule has 2 rings (SSSR count). The SMILES string of the molecule is Nc1cccc(-c2ccccc2F)c1Cl. The van der Waals surface area contributed by atoms with Crippen molar-refractivity contribution in [1.29, 1.82) is 0 Å². The van der Waals surface area contributed by atoms with E-state index in [0.29, 0.717) is 21.8 Å². The molecule has 1 nitrogen and oxygen atoms in total. The smallest absolute Gasteiger partial charge is 0.131 e. The van der Waals surface area contributed by atoms with Crippen molar-refractivity contribution in [3.63, 3.8) is 0 Å². The molecule has 76 valence electrons. The van der Waals surface area contributed by atoms with Gasteiger partial charge in [-0.2, -0.15) is 0 Å². The third kappa shape index (κ3) is 1.81. The fraction of sp³-hybridized carbons (Fsp3) is 0. The lowest BCUT2D eigenvalue weighted by Crippen LogP contribution is -1.90. The van der Waals surface area contributed by atoms with Crippen LogP contribution in [0.2, 0.25) is 5.02 Å². The van der Waals surface area contributed by atoms with Crippen LogP contribution >= 0.6 is 11.6 Å². The Balaban J connectivity index is 2.65. The van der Waals surface area contributed by atoms with Crippen LogP contribution in [0.4, 0.5) is 10.1 Å². The lowest BCUT2D eigenvalue weighted by Gasteiger charge is -2.07. The average molecular weight is 222 g/mol. The molecule has 0 aromatic heterocycles. The number of hydrogen-bond donors (Lipinski definition) is 1. The van der Waals surface area contributed by atoms with Crippen LogP contribution in [0.25, 0.3) is 11.1 Å². The zero-order chi connectivity index (χ0) is 10.8. The highest BCUT2D eigenvalue weighted by Gasteiger charge is 2.09. The maximum absolute atomic E-state index is 13.5. The van der Waals surface area contributed by atoms with E-state index in [2.05, 4.69) is 0 Å². The van der Waals surface area contributed by atoms with Crippen molar-refractivity contribution >= 4 is 17.3 Å². The monoisotopic (exact) mass is 221 g/mol. The number of benzene rings is 2. The quantitative estimate of drug-likeness (QED) is 0.730. The molecule has 0 unspecified atom stereocenters. The van der Waals surface area contributed by atoms with E-state index in [1.807, 2.05) is 0 Å². The second kappa shape index (κ2) is 3.91. The molecule has 2 aromatic rings. The topological polar surface area (TPSA) is 26.0 Å². The summed E-state index contributed by atoms with van der Waals surface area (Å²) in [7, 11) is 0. The molecular formula is C12H9ClFN. The molecule has 2 N–H and O–H groups in total. The van der Waals surface area contributed by atoms with Gasteiger partial charge in [0.2, 0.25) is 0 Å². The Morgan fingerprint density at radius 3 is 2.33 bits per heavy atom. The van der Waals surface area contributed by atoms with Crippen LogP contribution in [0, 0.1) is 5.82 Å². The molecule has 0 fully saturated rings. The van der Waals surface area contributed by atoms with Crippen LogP contribution in [-0.4, -0.2) is 0 Å². The molecule has 0 heterocycles. The van der Waals surface area contributed by atoms with Crippen LogP contribution < -0.4 is 5.73 Å². The lowest BCUT2D eigenvalue weighted by atomic mass is 10.0. The molecule has 0 aliphatic heterocycles. The number of nitrogens with two attached hydrogens (primary N) is 1. The van der Waals surface area contributed by atoms with Crippen LogP contribution in [0.15, 0.2) is 42.5 Å². The highest BCUT2D eigenvalue weighted by Crippen LogP contribution is 2.33. The van der Waals surface area contributed by atoms with Crippen molar-refractivity contribution in [2.45, 2.75) is 0 Å². The summed E-state index contributed by atoms with van der Waals surface area (Å²) in [6.07, 6.45) is 0. The minimum Gasteiger partial charge on any atom is -0.398 e. The van der Waals surface area contributed by atoms with E-state index in [0.717, 1.165) is 0 Å². The fourth-order valence-corrected chi connectivity index (χ4v) is 1.67. The van der Waals surface area contributed by atoms with E-state index >= 15 is 0 Å². The third-order valence-corrected chi connectivity index (χ3v) is 2.61. The summed E-state index contributed by atoms with van der Waals surface area (Å²) in [5, 5.41) is 0.391. The van der Waals surface area contributed by atoms with Crippen molar-refractivity contribution in [2.75, 3.05) is 5.73 Å². The predicted octanol–water partition coefficient (Wildman–Crippen LogP) is 3.73. The third-order valence-electron chi connectivity index (χ3n) is 2.19. The van der Waals surface area contributed by atoms with Gasteiger partial charge in [-0.05, 0) is 12.1 Å². The first-order valence-corrected chi connectivity index (χ1v) is 4.87. The van der Waals surface area contributed by atoms with Gasteiger partial charge in [-0.1, -0.05) is 41.9 Å². The van der Waals surface area contributed by atoms with Gasteiger partial charge in [0.15, 0.2) is 0 Å². The fourth-order valence-electron chi connectivity index (χ4n) is 1.44. The van der Waals surface area contributed by atoms with Crippen LogP contribution in [0.1, 0.15) is 0 Å². The Kier molecular flexibility index (Phi) is 2.60. The number of rotatable bonds is 1. The molecule has 3 heteroatoms. The molecular weight excluding hydrogens is 213 g/mol. The highest BCUT2D eigenvalue weighted by atomic mass is 35.5. The summed E-state index contributed by atoms with van der Waals surface area (Å²) >= 11 is 6.01. The van der Waals surface area contributed by atoms with E-state index in [1.165, 1.54) is 6.07 Å². The van der Waals surface area contributed by atoms with Crippen LogP contribution in [-0.2, 0) is 0 Å². The predicted molar refractivity (Wildman–Crippen MR) is 61.3 cm³/mol. The molecule has 0 atom stereocenters. The van der Waals surface area contributed by atoms with Gasteiger partial charge in [0.05, 0.1) is 10.7 Å². The van der Waals surface area contributed by atoms with Crippen molar-refractivity contribution in [1.82, 2.24) is 0 Å². The van der Waals surface area contributed by atoms with Crippen LogP contribution in [0.3, 0.4) is 0 Å². The first kappa shape index (κ1) is 9.99. The molecule has 0 radical (unpaired) electrons. The Labute approximate surface area is 92.3 Å². The summed E-state index contributed by atoms with van der Waals surface area (Å²) in [6, 6.07) is 11.7. The van der Waals surface area contributed by atoms with Gasteiger partial charge in [0.1, 0.15) is 5.82 Å². The second-order valence-electron chi connectivity index (χ2n) is 3.19. The maximum atomic E-state index is 13.5. The van der Waals surface area contributed by atoms with Gasteiger partial charge >= 0.3 is 0 Å². The van der Waals surface area contributed by atoms with Crippen LogP contribution in [0.5, 0.6) is 0 Å². The Hall–Kier alpha value is -1.54.